The molecule has 2 aromatic rings. The summed E-state index contributed by atoms with van der Waals surface area (Å²) in [5.41, 5.74) is 0.124. The summed E-state index contributed by atoms with van der Waals surface area (Å²) >= 11 is 4.29. The number of thioether (sulfide) groups is 1. The second-order valence-electron chi connectivity index (χ2n) is 3.65. The lowest BCUT2D eigenvalue weighted by molar-refractivity contribution is -0.133. The number of nitrogens with one attached hydrogen (secondary N) is 1. The molecule has 20 heavy (non-hydrogen) atoms. The summed E-state index contributed by atoms with van der Waals surface area (Å²) < 4.78 is 7.10. The van der Waals surface area contributed by atoms with Crippen molar-refractivity contribution >= 4 is 33.7 Å². The fraction of sp³-hybridized carbons (Fsp3) is 0.182. The Morgan fingerprint density at radius 2 is 2.35 bits per heavy atom. The number of halogens is 1. The van der Waals surface area contributed by atoms with E-state index in [1.54, 1.807) is 18.2 Å². The monoisotopic (exact) mass is 359 g/mol. The van der Waals surface area contributed by atoms with Crippen LogP contribution in [0.25, 0.3) is 5.69 Å². The molecule has 1 aromatic heterocycles. The van der Waals surface area contributed by atoms with Crippen LogP contribution in [0.5, 0.6) is 5.75 Å². The summed E-state index contributed by atoms with van der Waals surface area (Å²) in [7, 11) is 1.54. The van der Waals surface area contributed by atoms with Crippen LogP contribution >= 0.6 is 27.7 Å². The van der Waals surface area contributed by atoms with Crippen LogP contribution in [-0.4, -0.2) is 38.7 Å². The SMILES string of the molecule is COc1ccc(-n2c(SCC(=O)O)n[nH]c2=O)cc1Br. The van der Waals surface area contributed by atoms with Crippen LogP contribution in [0, 0.1) is 0 Å². The molecule has 1 heterocycles. The number of carboxylic acids is 1. The third kappa shape index (κ3) is 3.05. The van der Waals surface area contributed by atoms with Crippen LogP contribution in [0.4, 0.5) is 0 Å². The lowest BCUT2D eigenvalue weighted by Crippen LogP contribution is -2.16. The number of hydrogen-bond donors (Lipinski definition) is 2. The molecule has 106 valence electrons. The fourth-order valence-electron chi connectivity index (χ4n) is 1.53. The fourth-order valence-corrected chi connectivity index (χ4v) is 2.74. The maximum atomic E-state index is 11.8. The van der Waals surface area contributed by atoms with Gasteiger partial charge < -0.3 is 9.84 Å². The second-order valence-corrected chi connectivity index (χ2v) is 5.44. The predicted octanol–water partition coefficient (Wildman–Crippen LogP) is 1.51. The predicted molar refractivity (Wildman–Crippen MR) is 76.8 cm³/mol. The Morgan fingerprint density at radius 3 is 2.95 bits per heavy atom. The summed E-state index contributed by atoms with van der Waals surface area (Å²) in [6.07, 6.45) is 0. The quantitative estimate of drug-likeness (QED) is 0.785. The van der Waals surface area contributed by atoms with Gasteiger partial charge in [-0.2, -0.15) is 0 Å². The van der Waals surface area contributed by atoms with Gasteiger partial charge in [0.05, 0.1) is 23.0 Å². The smallest absolute Gasteiger partial charge is 0.348 e. The molecule has 9 heteroatoms. The van der Waals surface area contributed by atoms with Crippen LogP contribution < -0.4 is 10.4 Å². The van der Waals surface area contributed by atoms with Gasteiger partial charge in [-0.1, -0.05) is 11.8 Å². The second kappa shape index (κ2) is 6.14. The van der Waals surface area contributed by atoms with E-state index in [2.05, 4.69) is 26.1 Å². The van der Waals surface area contributed by atoms with Gasteiger partial charge in [-0.05, 0) is 34.1 Å². The number of methoxy groups -OCH3 is 1. The molecule has 0 aliphatic rings. The van der Waals surface area contributed by atoms with Gasteiger partial charge in [0.1, 0.15) is 5.75 Å². The number of hydrogen-bond acceptors (Lipinski definition) is 5. The topological polar surface area (TPSA) is 97.2 Å². The molecule has 0 spiro atoms. The molecule has 0 aliphatic heterocycles. The molecule has 0 saturated carbocycles. The van der Waals surface area contributed by atoms with E-state index in [0.717, 1.165) is 11.8 Å². The molecular formula is C11H10BrN3O4S. The maximum absolute atomic E-state index is 11.8. The van der Waals surface area contributed by atoms with E-state index in [1.807, 2.05) is 0 Å². The molecule has 0 saturated heterocycles. The number of aliphatic carboxylic acids is 1. The molecule has 0 bridgehead atoms. The molecule has 2 rings (SSSR count). The van der Waals surface area contributed by atoms with Gasteiger partial charge >= 0.3 is 11.7 Å². The number of rotatable bonds is 5. The van der Waals surface area contributed by atoms with Crippen molar-refractivity contribution in [2.24, 2.45) is 0 Å². The number of nitrogens with zero attached hydrogens (tertiary/aromatic N) is 2. The first-order valence-electron chi connectivity index (χ1n) is 5.39. The normalized spacial score (nSPS) is 10.5. The van der Waals surface area contributed by atoms with Crippen molar-refractivity contribution in [2.75, 3.05) is 12.9 Å². The van der Waals surface area contributed by atoms with Crippen molar-refractivity contribution in [3.63, 3.8) is 0 Å². The maximum Gasteiger partial charge on any atom is 0.348 e. The molecule has 0 radical (unpaired) electrons. The van der Waals surface area contributed by atoms with Gasteiger partial charge in [0.25, 0.3) is 0 Å². The molecule has 0 amide bonds. The van der Waals surface area contributed by atoms with E-state index in [0.29, 0.717) is 15.9 Å². The van der Waals surface area contributed by atoms with Crippen molar-refractivity contribution in [1.82, 2.24) is 14.8 Å². The van der Waals surface area contributed by atoms with Crippen LogP contribution in [-0.2, 0) is 4.79 Å². The van der Waals surface area contributed by atoms with E-state index in [1.165, 1.54) is 11.7 Å². The number of aromatic nitrogens is 3. The largest absolute Gasteiger partial charge is 0.496 e. The number of ether oxygens (including phenoxy) is 1. The van der Waals surface area contributed by atoms with E-state index in [4.69, 9.17) is 9.84 Å². The van der Waals surface area contributed by atoms with Crippen molar-refractivity contribution in [3.05, 3.63) is 33.2 Å². The van der Waals surface area contributed by atoms with Crippen molar-refractivity contribution in [3.8, 4) is 11.4 Å². The zero-order chi connectivity index (χ0) is 14.7. The lowest BCUT2D eigenvalue weighted by atomic mass is 10.3. The minimum absolute atomic E-state index is 0.179. The minimum Gasteiger partial charge on any atom is -0.496 e. The van der Waals surface area contributed by atoms with Crippen molar-refractivity contribution in [2.45, 2.75) is 5.16 Å². The highest BCUT2D eigenvalue weighted by molar-refractivity contribution is 9.10. The highest BCUT2D eigenvalue weighted by Gasteiger charge is 2.13. The Hall–Kier alpha value is -1.74. The number of benzene rings is 1. The lowest BCUT2D eigenvalue weighted by Gasteiger charge is -2.07. The molecule has 2 N–H and O–H groups in total. The minimum atomic E-state index is -0.979. The van der Waals surface area contributed by atoms with Gasteiger partial charge in [-0.25, -0.2) is 14.5 Å². The van der Waals surface area contributed by atoms with Gasteiger partial charge in [0, 0.05) is 0 Å². The van der Waals surface area contributed by atoms with Crippen molar-refractivity contribution in [1.29, 1.82) is 0 Å². The average Bonchev–Trinajstić information content (AvgIpc) is 2.77. The molecule has 0 atom stereocenters. The number of carboxylic acid groups (broad SMARTS) is 1. The Labute approximate surface area is 126 Å². The third-order valence-electron chi connectivity index (χ3n) is 2.36. The van der Waals surface area contributed by atoms with E-state index in [9.17, 15) is 9.59 Å². The Kier molecular flexibility index (Phi) is 4.50. The molecular weight excluding hydrogens is 350 g/mol. The molecule has 0 aliphatic carbocycles. The zero-order valence-corrected chi connectivity index (χ0v) is 12.7. The first-order chi connectivity index (χ1) is 9.52. The van der Waals surface area contributed by atoms with Gasteiger partial charge in [0.15, 0.2) is 5.16 Å². The summed E-state index contributed by atoms with van der Waals surface area (Å²) in [4.78, 5) is 22.4. The summed E-state index contributed by atoms with van der Waals surface area (Å²) in [5.74, 6) is -0.528. The Balaban J connectivity index is 2.41. The van der Waals surface area contributed by atoms with Crippen LogP contribution in [0.1, 0.15) is 0 Å². The average molecular weight is 360 g/mol. The van der Waals surface area contributed by atoms with E-state index >= 15 is 0 Å². The highest BCUT2D eigenvalue weighted by atomic mass is 79.9. The molecule has 7 nitrogen and oxygen atoms in total. The van der Waals surface area contributed by atoms with Crippen LogP contribution in [0.15, 0.2) is 32.6 Å². The zero-order valence-electron chi connectivity index (χ0n) is 10.3. The number of aromatic amines is 1. The molecule has 0 fully saturated rings. The Bertz CT molecular complexity index is 697. The van der Waals surface area contributed by atoms with E-state index in [-0.39, 0.29) is 10.9 Å². The first kappa shape index (κ1) is 14.7. The summed E-state index contributed by atoms with van der Waals surface area (Å²) in [6.45, 7) is 0. The first-order valence-corrected chi connectivity index (χ1v) is 7.16. The third-order valence-corrected chi connectivity index (χ3v) is 3.90. The number of H-pyrrole nitrogens is 1. The summed E-state index contributed by atoms with van der Waals surface area (Å²) in [6, 6.07) is 5.08. The van der Waals surface area contributed by atoms with Crippen LogP contribution in [0.2, 0.25) is 0 Å². The van der Waals surface area contributed by atoms with Gasteiger partial charge in [0.2, 0.25) is 0 Å². The van der Waals surface area contributed by atoms with Gasteiger partial charge in [-0.3, -0.25) is 4.79 Å². The standard InChI is InChI=1S/C11H10BrN3O4S/c1-19-8-3-2-6(4-7(8)12)15-10(18)13-14-11(15)20-5-9(16)17/h2-4H,5H2,1H3,(H,13,18)(H,16,17). The van der Waals surface area contributed by atoms with Crippen LogP contribution in [0.3, 0.4) is 0 Å². The Morgan fingerprint density at radius 1 is 1.60 bits per heavy atom. The summed E-state index contributed by atoms with van der Waals surface area (Å²) in [5, 5.41) is 15.1. The van der Waals surface area contributed by atoms with Crippen molar-refractivity contribution < 1.29 is 14.6 Å². The number of carbonyl (C=O) groups is 1. The molecule has 0 unspecified atom stereocenters. The van der Waals surface area contributed by atoms with E-state index < -0.39 is 11.7 Å². The van der Waals surface area contributed by atoms with Gasteiger partial charge in [-0.15, -0.1) is 5.10 Å². The highest BCUT2D eigenvalue weighted by Crippen LogP contribution is 2.28. The molecule has 1 aromatic carbocycles.